The molecule has 0 spiro atoms. The third kappa shape index (κ3) is 3.19. The number of rotatable bonds is 5. The second kappa shape index (κ2) is 7.55. The van der Waals surface area contributed by atoms with E-state index in [0.29, 0.717) is 24.4 Å². The first-order chi connectivity index (χ1) is 14.8. The molecule has 4 heterocycles. The summed E-state index contributed by atoms with van der Waals surface area (Å²) in [5, 5.41) is 23.0. The zero-order valence-electron chi connectivity index (χ0n) is 17.6. The number of furan rings is 1. The van der Waals surface area contributed by atoms with E-state index in [4.69, 9.17) is 9.15 Å². The van der Waals surface area contributed by atoms with Crippen LogP contribution in [0, 0.1) is 29.6 Å². The van der Waals surface area contributed by atoms with Crippen LogP contribution < -0.4 is 0 Å². The molecular formula is C23H27NO6S. The van der Waals surface area contributed by atoms with Gasteiger partial charge >= 0.3 is 0 Å². The molecule has 2 amide bonds. The summed E-state index contributed by atoms with van der Waals surface area (Å²) in [4.78, 5) is 29.0. The minimum absolute atomic E-state index is 0.0750. The van der Waals surface area contributed by atoms with E-state index >= 15 is 0 Å². The Morgan fingerprint density at radius 2 is 2.03 bits per heavy atom. The van der Waals surface area contributed by atoms with Gasteiger partial charge in [-0.2, -0.15) is 0 Å². The zero-order chi connectivity index (χ0) is 21.9. The van der Waals surface area contributed by atoms with Crippen LogP contribution in [-0.4, -0.2) is 32.7 Å². The molecule has 0 radical (unpaired) electrons. The quantitative estimate of drug-likeness (QED) is 0.686. The molecule has 2 aliphatic heterocycles. The van der Waals surface area contributed by atoms with Crippen molar-refractivity contribution in [1.82, 2.24) is 4.90 Å². The van der Waals surface area contributed by atoms with Crippen LogP contribution in [0.1, 0.15) is 49.2 Å². The van der Waals surface area contributed by atoms with E-state index in [1.807, 2.05) is 31.4 Å². The van der Waals surface area contributed by atoms with Crippen LogP contribution in [-0.2, 0) is 27.5 Å². The van der Waals surface area contributed by atoms with Crippen LogP contribution in [0.3, 0.4) is 0 Å². The molecule has 166 valence electrons. The van der Waals surface area contributed by atoms with Crippen molar-refractivity contribution in [1.29, 1.82) is 0 Å². The van der Waals surface area contributed by atoms with Crippen molar-refractivity contribution in [2.75, 3.05) is 0 Å². The molecule has 2 aromatic rings. The third-order valence-electron chi connectivity index (χ3n) is 7.23. The number of aliphatic hydroxyl groups is 2. The maximum Gasteiger partial charge on any atom is 0.233 e. The molecule has 8 heteroatoms. The fourth-order valence-electron chi connectivity index (χ4n) is 5.78. The Morgan fingerprint density at radius 1 is 1.23 bits per heavy atom. The number of amides is 2. The molecule has 3 aliphatic rings. The first-order valence-electron chi connectivity index (χ1n) is 10.8. The van der Waals surface area contributed by atoms with Gasteiger partial charge in [0.1, 0.15) is 24.2 Å². The van der Waals surface area contributed by atoms with Gasteiger partial charge in [-0.25, -0.2) is 0 Å². The highest BCUT2D eigenvalue weighted by atomic mass is 32.1. The number of hydrogen-bond acceptors (Lipinski definition) is 7. The Morgan fingerprint density at radius 3 is 2.68 bits per heavy atom. The summed E-state index contributed by atoms with van der Waals surface area (Å²) in [6.07, 6.45) is 0.295. The second-order valence-electron chi connectivity index (χ2n) is 9.22. The van der Waals surface area contributed by atoms with Crippen LogP contribution in [0.5, 0.6) is 0 Å². The standard InChI is InChI=1S/C23H27NO6S/c1-12(2)16-8-15-20(22(27)24(21(15)26)10-14-4-3-7-31-14)17-9-19(30-23(16,17)28)18-6-5-13(11-25)29-18/h3-7,12,15-17,19-20,25,28H,8-11H2,1-2H3/t15-,16+,17-,19-,20-,23+/m0/s1. The van der Waals surface area contributed by atoms with Crippen molar-refractivity contribution in [3.63, 3.8) is 0 Å². The molecule has 6 atom stereocenters. The molecule has 1 saturated carbocycles. The van der Waals surface area contributed by atoms with E-state index in [1.54, 1.807) is 12.1 Å². The van der Waals surface area contributed by atoms with Crippen LogP contribution in [0.15, 0.2) is 34.1 Å². The minimum Gasteiger partial charge on any atom is -0.461 e. The lowest BCUT2D eigenvalue weighted by Gasteiger charge is -2.46. The number of fused-ring (bicyclic) bond motifs is 3. The Kier molecular flexibility index (Phi) is 5.08. The number of ether oxygens (including phenoxy) is 1. The monoisotopic (exact) mass is 445 g/mol. The Balaban J connectivity index is 1.48. The van der Waals surface area contributed by atoms with E-state index in [-0.39, 0.29) is 36.8 Å². The maximum atomic E-state index is 13.4. The zero-order valence-corrected chi connectivity index (χ0v) is 18.4. The van der Waals surface area contributed by atoms with E-state index in [0.717, 1.165) is 4.88 Å². The lowest BCUT2D eigenvalue weighted by atomic mass is 9.62. The van der Waals surface area contributed by atoms with Crippen molar-refractivity contribution < 1.29 is 29.0 Å². The van der Waals surface area contributed by atoms with Crippen molar-refractivity contribution in [3.05, 3.63) is 46.0 Å². The van der Waals surface area contributed by atoms with E-state index in [9.17, 15) is 19.8 Å². The number of hydrogen-bond donors (Lipinski definition) is 2. The molecule has 1 aliphatic carbocycles. The highest BCUT2D eigenvalue weighted by molar-refractivity contribution is 7.09. The number of likely N-dealkylation sites (tertiary alicyclic amines) is 1. The van der Waals surface area contributed by atoms with Gasteiger partial charge in [0.2, 0.25) is 11.8 Å². The van der Waals surface area contributed by atoms with E-state index in [1.165, 1.54) is 16.2 Å². The largest absolute Gasteiger partial charge is 0.461 e. The van der Waals surface area contributed by atoms with Crippen molar-refractivity contribution in [2.45, 2.75) is 51.7 Å². The van der Waals surface area contributed by atoms with Gasteiger partial charge in [-0.05, 0) is 42.3 Å². The molecule has 5 rings (SSSR count). The van der Waals surface area contributed by atoms with Gasteiger partial charge in [0.15, 0.2) is 5.79 Å². The summed E-state index contributed by atoms with van der Waals surface area (Å²) in [6, 6.07) is 7.25. The minimum atomic E-state index is -1.50. The fraction of sp³-hybridized carbons (Fsp3) is 0.565. The van der Waals surface area contributed by atoms with Crippen molar-refractivity contribution >= 4 is 23.2 Å². The summed E-state index contributed by atoms with van der Waals surface area (Å²) in [5.41, 5.74) is 0. The number of aliphatic hydroxyl groups excluding tert-OH is 1. The smallest absolute Gasteiger partial charge is 0.233 e. The Labute approximate surface area is 184 Å². The van der Waals surface area contributed by atoms with Crippen molar-refractivity contribution in [2.24, 2.45) is 29.6 Å². The topological polar surface area (TPSA) is 100 Å². The van der Waals surface area contributed by atoms with E-state index < -0.39 is 29.6 Å². The number of imide groups is 1. The lowest BCUT2D eigenvalue weighted by Crippen LogP contribution is -2.55. The predicted molar refractivity (Wildman–Crippen MR) is 111 cm³/mol. The average molecular weight is 446 g/mol. The highest BCUT2D eigenvalue weighted by Crippen LogP contribution is 2.59. The summed E-state index contributed by atoms with van der Waals surface area (Å²) in [7, 11) is 0. The Hall–Kier alpha value is -2.00. The van der Waals surface area contributed by atoms with Crippen LogP contribution in [0.2, 0.25) is 0 Å². The van der Waals surface area contributed by atoms with Gasteiger partial charge in [0, 0.05) is 16.7 Å². The van der Waals surface area contributed by atoms with Crippen LogP contribution in [0.4, 0.5) is 0 Å². The molecule has 2 N–H and O–H groups in total. The molecule has 0 bridgehead atoms. The van der Waals surface area contributed by atoms with Gasteiger partial charge in [0.05, 0.1) is 18.4 Å². The number of nitrogens with zero attached hydrogens (tertiary/aromatic N) is 1. The Bertz CT molecular complexity index is 984. The SMILES string of the molecule is CC(C)[C@H]1C[C@@H]2C(=O)N(Cc3cccs3)C(=O)[C@@H]2[C@@H]2C[C@@H](c3ccc(CO)o3)O[C@]12O. The third-order valence-corrected chi connectivity index (χ3v) is 8.09. The van der Waals surface area contributed by atoms with Gasteiger partial charge in [-0.15, -0.1) is 11.3 Å². The molecule has 2 aromatic heterocycles. The van der Waals surface area contributed by atoms with Crippen molar-refractivity contribution in [3.8, 4) is 0 Å². The van der Waals surface area contributed by atoms with Crippen LogP contribution >= 0.6 is 11.3 Å². The summed E-state index contributed by atoms with van der Waals surface area (Å²) in [6.45, 7) is 4.09. The average Bonchev–Trinajstić information content (AvgIpc) is 3.50. The van der Waals surface area contributed by atoms with Crippen LogP contribution in [0.25, 0.3) is 0 Å². The molecule has 0 aromatic carbocycles. The highest BCUT2D eigenvalue weighted by Gasteiger charge is 2.67. The number of thiophene rings is 1. The predicted octanol–water partition coefficient (Wildman–Crippen LogP) is 3.08. The number of carbonyl (C=O) groups is 2. The normalized spacial score (nSPS) is 35.1. The summed E-state index contributed by atoms with van der Waals surface area (Å²) in [5.74, 6) is -2.61. The molecule has 31 heavy (non-hydrogen) atoms. The van der Waals surface area contributed by atoms with Gasteiger partial charge < -0.3 is 19.4 Å². The van der Waals surface area contributed by atoms with Gasteiger partial charge in [-0.1, -0.05) is 19.9 Å². The molecular weight excluding hydrogens is 418 g/mol. The molecule has 7 nitrogen and oxygen atoms in total. The lowest BCUT2D eigenvalue weighted by molar-refractivity contribution is -0.277. The van der Waals surface area contributed by atoms with Gasteiger partial charge in [-0.3, -0.25) is 14.5 Å². The van der Waals surface area contributed by atoms with E-state index in [2.05, 4.69) is 0 Å². The second-order valence-corrected chi connectivity index (χ2v) is 10.3. The molecule has 2 saturated heterocycles. The summed E-state index contributed by atoms with van der Waals surface area (Å²) < 4.78 is 11.9. The first kappa shape index (κ1) is 20.9. The molecule has 0 unspecified atom stereocenters. The fourth-order valence-corrected chi connectivity index (χ4v) is 6.47. The van der Waals surface area contributed by atoms with Gasteiger partial charge in [0.25, 0.3) is 0 Å². The first-order valence-corrected chi connectivity index (χ1v) is 11.7. The number of carbonyl (C=O) groups excluding carboxylic acids is 2. The maximum absolute atomic E-state index is 13.4. The molecule has 3 fully saturated rings. The summed E-state index contributed by atoms with van der Waals surface area (Å²) >= 11 is 1.52.